The summed E-state index contributed by atoms with van der Waals surface area (Å²) in [6, 6.07) is 8.08. The van der Waals surface area contributed by atoms with Gasteiger partial charge in [-0.15, -0.1) is 10.2 Å². The molecule has 0 aliphatic heterocycles. The zero-order valence-corrected chi connectivity index (χ0v) is 11.9. The molecule has 0 aliphatic rings. The van der Waals surface area contributed by atoms with E-state index in [0.717, 1.165) is 11.4 Å². The number of carbonyl (C=O) groups excluding carboxylic acids is 1. The van der Waals surface area contributed by atoms with E-state index in [2.05, 4.69) is 14.9 Å². The number of methoxy groups -OCH3 is 1. The Kier molecular flexibility index (Phi) is 4.21. The average Bonchev–Trinajstić information content (AvgIpc) is 2.78. The average molecular weight is 277 g/mol. The Hall–Kier alpha value is -1.82. The molecule has 0 saturated heterocycles. The molecule has 0 spiro atoms. The van der Waals surface area contributed by atoms with Crippen LogP contribution >= 0.6 is 11.8 Å². The Morgan fingerprint density at radius 3 is 2.63 bits per heavy atom. The Balaban J connectivity index is 2.18. The fourth-order valence-electron chi connectivity index (χ4n) is 1.58. The van der Waals surface area contributed by atoms with Gasteiger partial charge in [-0.3, -0.25) is 4.79 Å². The van der Waals surface area contributed by atoms with Gasteiger partial charge in [-0.25, -0.2) is 0 Å². The van der Waals surface area contributed by atoms with Crippen molar-refractivity contribution in [3.63, 3.8) is 0 Å². The van der Waals surface area contributed by atoms with E-state index in [-0.39, 0.29) is 11.7 Å². The van der Waals surface area contributed by atoms with Gasteiger partial charge in [-0.1, -0.05) is 41.6 Å². The first-order chi connectivity index (χ1) is 9.11. The van der Waals surface area contributed by atoms with Gasteiger partial charge in [-0.05, 0) is 6.92 Å². The second kappa shape index (κ2) is 5.88. The number of rotatable bonds is 4. The van der Waals surface area contributed by atoms with E-state index in [9.17, 15) is 4.79 Å². The van der Waals surface area contributed by atoms with Crippen molar-refractivity contribution in [1.82, 2.24) is 14.8 Å². The molecule has 0 aliphatic carbocycles. The van der Waals surface area contributed by atoms with Crippen molar-refractivity contribution in [2.45, 2.75) is 12.1 Å². The second-order valence-electron chi connectivity index (χ2n) is 4.10. The van der Waals surface area contributed by atoms with Gasteiger partial charge >= 0.3 is 5.97 Å². The first-order valence-electron chi connectivity index (χ1n) is 5.78. The molecule has 0 bridgehead atoms. The van der Waals surface area contributed by atoms with E-state index >= 15 is 0 Å². The van der Waals surface area contributed by atoms with E-state index < -0.39 is 0 Å². The monoisotopic (exact) mass is 277 g/mol. The molecule has 0 N–H and O–H groups in total. The lowest BCUT2D eigenvalue weighted by Gasteiger charge is -2.03. The molecule has 2 rings (SSSR count). The fraction of sp³-hybridized carbons (Fsp3) is 0.308. The van der Waals surface area contributed by atoms with Crippen molar-refractivity contribution in [1.29, 1.82) is 0 Å². The molecule has 1 aromatic carbocycles. The highest BCUT2D eigenvalue weighted by molar-refractivity contribution is 7.99. The Morgan fingerprint density at radius 1 is 1.32 bits per heavy atom. The zero-order valence-electron chi connectivity index (χ0n) is 11.1. The minimum atomic E-state index is -0.273. The number of hydrogen-bond donors (Lipinski definition) is 0. The highest BCUT2D eigenvalue weighted by Gasteiger charge is 2.12. The SMILES string of the molecule is COC(=O)CSc1nnc(-c2ccc(C)cc2)n1C. The number of benzene rings is 1. The summed E-state index contributed by atoms with van der Waals surface area (Å²) in [6.07, 6.45) is 0. The highest BCUT2D eigenvalue weighted by atomic mass is 32.2. The van der Waals surface area contributed by atoms with Gasteiger partial charge in [0.2, 0.25) is 0 Å². The van der Waals surface area contributed by atoms with Crippen LogP contribution in [0.15, 0.2) is 29.4 Å². The van der Waals surface area contributed by atoms with E-state index in [0.29, 0.717) is 5.16 Å². The largest absolute Gasteiger partial charge is 0.468 e. The van der Waals surface area contributed by atoms with Crippen LogP contribution in [0.4, 0.5) is 0 Å². The highest BCUT2D eigenvalue weighted by Crippen LogP contribution is 2.22. The number of thioether (sulfide) groups is 1. The first kappa shape index (κ1) is 13.6. The molecule has 0 radical (unpaired) electrons. The molecule has 1 aromatic heterocycles. The van der Waals surface area contributed by atoms with Crippen molar-refractivity contribution in [2.75, 3.05) is 12.9 Å². The summed E-state index contributed by atoms with van der Waals surface area (Å²) in [5.74, 6) is 0.744. The summed E-state index contributed by atoms with van der Waals surface area (Å²) in [6.45, 7) is 2.04. The lowest BCUT2D eigenvalue weighted by Crippen LogP contribution is -2.04. The lowest BCUT2D eigenvalue weighted by molar-refractivity contribution is -0.137. The summed E-state index contributed by atoms with van der Waals surface area (Å²) < 4.78 is 6.47. The van der Waals surface area contributed by atoms with E-state index in [1.165, 1.54) is 24.4 Å². The molecule has 0 amide bonds. The number of aryl methyl sites for hydroxylation is 1. The maximum absolute atomic E-state index is 11.1. The van der Waals surface area contributed by atoms with E-state index in [1.807, 2.05) is 42.8 Å². The van der Waals surface area contributed by atoms with Gasteiger partial charge in [0.1, 0.15) is 0 Å². The van der Waals surface area contributed by atoms with Crippen LogP contribution in [-0.2, 0) is 16.6 Å². The van der Waals surface area contributed by atoms with Crippen LogP contribution in [-0.4, -0.2) is 33.6 Å². The molecule has 100 valence electrons. The number of carbonyl (C=O) groups is 1. The van der Waals surface area contributed by atoms with Crippen LogP contribution in [0.3, 0.4) is 0 Å². The van der Waals surface area contributed by atoms with Crippen molar-refractivity contribution >= 4 is 17.7 Å². The zero-order chi connectivity index (χ0) is 13.8. The summed E-state index contributed by atoms with van der Waals surface area (Å²) in [7, 11) is 3.26. The predicted molar refractivity (Wildman–Crippen MR) is 73.9 cm³/mol. The fourth-order valence-corrected chi connectivity index (χ4v) is 2.32. The molecule has 0 unspecified atom stereocenters. The summed E-state index contributed by atoms with van der Waals surface area (Å²) in [4.78, 5) is 11.1. The van der Waals surface area contributed by atoms with Gasteiger partial charge < -0.3 is 9.30 Å². The van der Waals surface area contributed by atoms with Crippen LogP contribution in [0.1, 0.15) is 5.56 Å². The molecule has 0 fully saturated rings. The number of nitrogens with zero attached hydrogens (tertiary/aromatic N) is 3. The van der Waals surface area contributed by atoms with Crippen molar-refractivity contribution in [3.8, 4) is 11.4 Å². The summed E-state index contributed by atoms with van der Waals surface area (Å²) >= 11 is 1.31. The first-order valence-corrected chi connectivity index (χ1v) is 6.76. The number of esters is 1. The summed E-state index contributed by atoms with van der Waals surface area (Å²) in [5, 5.41) is 8.94. The number of ether oxygens (including phenoxy) is 1. The molecule has 0 atom stereocenters. The smallest absolute Gasteiger partial charge is 0.316 e. The van der Waals surface area contributed by atoms with Gasteiger partial charge in [0, 0.05) is 12.6 Å². The molecule has 1 heterocycles. The van der Waals surface area contributed by atoms with Crippen LogP contribution in [0.2, 0.25) is 0 Å². The standard InChI is InChI=1S/C13H15N3O2S/c1-9-4-6-10(7-5-9)12-14-15-13(16(12)2)19-8-11(17)18-3/h4-7H,8H2,1-3H3. The maximum Gasteiger partial charge on any atom is 0.316 e. The topological polar surface area (TPSA) is 57.0 Å². The van der Waals surface area contributed by atoms with Gasteiger partial charge in [-0.2, -0.15) is 0 Å². The molecular weight excluding hydrogens is 262 g/mol. The molecule has 2 aromatic rings. The number of aromatic nitrogens is 3. The Morgan fingerprint density at radius 2 is 2.00 bits per heavy atom. The van der Waals surface area contributed by atoms with Crippen molar-refractivity contribution in [2.24, 2.45) is 7.05 Å². The van der Waals surface area contributed by atoms with E-state index in [1.54, 1.807) is 0 Å². The summed E-state index contributed by atoms with van der Waals surface area (Å²) in [5.41, 5.74) is 2.21. The van der Waals surface area contributed by atoms with E-state index in [4.69, 9.17) is 0 Å². The maximum atomic E-state index is 11.1. The quantitative estimate of drug-likeness (QED) is 0.632. The molecule has 5 nitrogen and oxygen atoms in total. The van der Waals surface area contributed by atoms with Crippen LogP contribution in [0.5, 0.6) is 0 Å². The predicted octanol–water partition coefficient (Wildman–Crippen LogP) is 2.06. The number of hydrogen-bond acceptors (Lipinski definition) is 5. The molecule has 19 heavy (non-hydrogen) atoms. The third-order valence-corrected chi connectivity index (χ3v) is 3.69. The van der Waals surface area contributed by atoms with Crippen molar-refractivity contribution in [3.05, 3.63) is 29.8 Å². The normalized spacial score (nSPS) is 10.5. The third-order valence-electron chi connectivity index (χ3n) is 2.69. The van der Waals surface area contributed by atoms with Crippen LogP contribution in [0.25, 0.3) is 11.4 Å². The lowest BCUT2D eigenvalue weighted by atomic mass is 10.1. The molecular formula is C13H15N3O2S. The molecule has 0 saturated carbocycles. The minimum absolute atomic E-state index is 0.233. The van der Waals surface area contributed by atoms with Crippen LogP contribution in [0, 0.1) is 6.92 Å². The molecule has 6 heteroatoms. The van der Waals surface area contributed by atoms with Gasteiger partial charge in [0.05, 0.1) is 12.9 Å². The van der Waals surface area contributed by atoms with Gasteiger partial charge in [0.25, 0.3) is 0 Å². The van der Waals surface area contributed by atoms with Crippen LogP contribution < -0.4 is 0 Å². The Bertz CT molecular complexity index is 578. The van der Waals surface area contributed by atoms with Crippen molar-refractivity contribution < 1.29 is 9.53 Å². The third kappa shape index (κ3) is 3.14. The minimum Gasteiger partial charge on any atom is -0.468 e. The van der Waals surface area contributed by atoms with Gasteiger partial charge in [0.15, 0.2) is 11.0 Å². The second-order valence-corrected chi connectivity index (χ2v) is 5.04. The Labute approximate surface area is 116 Å².